The third-order valence-corrected chi connectivity index (χ3v) is 5.85. The van der Waals surface area contributed by atoms with Gasteiger partial charge in [0.1, 0.15) is 0 Å². The van der Waals surface area contributed by atoms with Crippen molar-refractivity contribution in [3.63, 3.8) is 0 Å². The summed E-state index contributed by atoms with van der Waals surface area (Å²) in [5.41, 5.74) is 3.30. The fourth-order valence-electron chi connectivity index (χ4n) is 3.66. The second-order valence-corrected chi connectivity index (χ2v) is 8.42. The van der Waals surface area contributed by atoms with Gasteiger partial charge in [-0.2, -0.15) is 0 Å². The Hall–Kier alpha value is -2.67. The number of hydrogen-bond acceptors (Lipinski definition) is 5. The van der Waals surface area contributed by atoms with E-state index in [4.69, 9.17) is 32.9 Å². The summed E-state index contributed by atoms with van der Waals surface area (Å²) >= 11 is 12.1. The Balaban J connectivity index is 1.61. The van der Waals surface area contributed by atoms with Crippen molar-refractivity contribution in [2.24, 2.45) is 0 Å². The lowest BCUT2D eigenvalue weighted by molar-refractivity contribution is -0.123. The lowest BCUT2D eigenvalue weighted by Gasteiger charge is -2.27. The predicted octanol–water partition coefficient (Wildman–Crippen LogP) is 4.71. The van der Waals surface area contributed by atoms with E-state index in [1.807, 2.05) is 31.3 Å². The van der Waals surface area contributed by atoms with Gasteiger partial charge in [0.05, 0.1) is 21.8 Å². The lowest BCUT2D eigenvalue weighted by atomic mass is 9.96. The summed E-state index contributed by atoms with van der Waals surface area (Å²) < 4.78 is 5.58. The summed E-state index contributed by atoms with van der Waals surface area (Å²) in [6, 6.07) is 12.2. The summed E-state index contributed by atoms with van der Waals surface area (Å²) in [7, 11) is 2.00. The third kappa shape index (κ3) is 4.51. The molecule has 0 spiro atoms. The molecule has 0 bridgehead atoms. The van der Waals surface area contributed by atoms with Gasteiger partial charge >= 0.3 is 5.97 Å². The average molecular weight is 458 g/mol. The molecule has 0 aliphatic carbocycles. The van der Waals surface area contributed by atoms with Crippen LogP contribution in [-0.4, -0.2) is 41.5 Å². The average Bonchev–Trinajstić information content (AvgIpc) is 2.74. The van der Waals surface area contributed by atoms with E-state index in [1.165, 1.54) is 6.92 Å². The summed E-state index contributed by atoms with van der Waals surface area (Å²) in [5, 5.41) is 4.15. The van der Waals surface area contributed by atoms with Gasteiger partial charge in [0.2, 0.25) is 0 Å². The number of nitrogens with zero attached hydrogens (tertiary/aromatic N) is 2. The van der Waals surface area contributed by atoms with Crippen LogP contribution >= 0.6 is 23.2 Å². The molecule has 0 saturated heterocycles. The summed E-state index contributed by atoms with van der Waals surface area (Å²) in [4.78, 5) is 32.7. The quantitative estimate of drug-likeness (QED) is 0.574. The number of benzene rings is 2. The number of carbonyl (C=O) groups is 2. The molecule has 1 aromatic heterocycles. The fraction of sp³-hybridized carbons (Fsp3) is 0.261. The van der Waals surface area contributed by atoms with Gasteiger partial charge in [-0.15, -0.1) is 0 Å². The zero-order chi connectivity index (χ0) is 22.1. The number of esters is 1. The van der Waals surface area contributed by atoms with Crippen LogP contribution in [-0.2, 0) is 22.5 Å². The van der Waals surface area contributed by atoms with Gasteiger partial charge in [0.25, 0.3) is 5.91 Å². The van der Waals surface area contributed by atoms with Crippen LogP contribution in [0.4, 0.5) is 5.69 Å². The van der Waals surface area contributed by atoms with Crippen LogP contribution in [0.2, 0.25) is 10.0 Å². The van der Waals surface area contributed by atoms with Gasteiger partial charge in [-0.1, -0.05) is 41.4 Å². The molecule has 2 aromatic carbocycles. The van der Waals surface area contributed by atoms with Crippen LogP contribution in [0.1, 0.15) is 28.5 Å². The van der Waals surface area contributed by atoms with E-state index in [1.54, 1.807) is 18.2 Å². The number of halogens is 2. The summed E-state index contributed by atoms with van der Waals surface area (Å²) in [6.07, 6.45) is -0.285. The highest BCUT2D eigenvalue weighted by atomic mass is 35.5. The topological polar surface area (TPSA) is 71.5 Å². The number of nitrogens with one attached hydrogen (secondary N) is 1. The molecule has 31 heavy (non-hydrogen) atoms. The van der Waals surface area contributed by atoms with E-state index < -0.39 is 18.0 Å². The summed E-state index contributed by atoms with van der Waals surface area (Å²) in [6.45, 7) is 2.98. The number of pyridine rings is 1. The Bertz CT molecular complexity index is 1180. The van der Waals surface area contributed by atoms with E-state index in [9.17, 15) is 9.59 Å². The van der Waals surface area contributed by atoms with E-state index in [2.05, 4.69) is 10.2 Å². The molecule has 1 aliphatic rings. The van der Waals surface area contributed by atoms with Gasteiger partial charge in [-0.3, -0.25) is 9.78 Å². The van der Waals surface area contributed by atoms with Crippen LogP contribution < -0.4 is 5.32 Å². The van der Waals surface area contributed by atoms with Gasteiger partial charge in [-0.25, -0.2) is 4.79 Å². The molecule has 2 heterocycles. The number of amides is 1. The lowest BCUT2D eigenvalue weighted by Crippen LogP contribution is -2.32. The largest absolute Gasteiger partial charge is 0.449 e. The smallest absolute Gasteiger partial charge is 0.339 e. The zero-order valence-corrected chi connectivity index (χ0v) is 18.6. The highest BCUT2D eigenvalue weighted by Gasteiger charge is 2.28. The number of hydrogen-bond donors (Lipinski definition) is 1. The van der Waals surface area contributed by atoms with Crippen molar-refractivity contribution in [2.45, 2.75) is 26.0 Å². The molecule has 3 aromatic rings. The number of rotatable bonds is 4. The van der Waals surface area contributed by atoms with E-state index in [0.717, 1.165) is 29.7 Å². The molecule has 1 N–H and O–H groups in total. The van der Waals surface area contributed by atoms with Crippen molar-refractivity contribution in [3.05, 3.63) is 69.3 Å². The standard InChI is InChI=1S/C23H21Cl2N3O3/c1-13(22(29)27-20-11-14(24)7-8-17(20)25)31-23(30)21-15-5-3-4-6-18(15)26-19-9-10-28(2)12-16(19)21/h3-8,11,13H,9-10,12H2,1-2H3,(H,27,29). The molecule has 0 saturated carbocycles. The molecule has 1 atom stereocenters. The maximum atomic E-state index is 13.2. The van der Waals surface area contributed by atoms with Gasteiger partial charge in [0.15, 0.2) is 6.10 Å². The molecule has 0 fully saturated rings. The highest BCUT2D eigenvalue weighted by Crippen LogP contribution is 2.29. The number of fused-ring (bicyclic) bond motifs is 2. The number of likely N-dealkylation sites (N-methyl/N-ethyl adjacent to an activating group) is 1. The predicted molar refractivity (Wildman–Crippen MR) is 122 cm³/mol. The minimum absolute atomic E-state index is 0.341. The Morgan fingerprint density at radius 2 is 1.97 bits per heavy atom. The first-order chi connectivity index (χ1) is 14.8. The van der Waals surface area contributed by atoms with Crippen molar-refractivity contribution in [1.29, 1.82) is 0 Å². The Morgan fingerprint density at radius 1 is 1.19 bits per heavy atom. The molecular weight excluding hydrogens is 437 g/mol. The molecule has 8 heteroatoms. The Morgan fingerprint density at radius 3 is 2.77 bits per heavy atom. The van der Waals surface area contributed by atoms with Crippen LogP contribution in [0.25, 0.3) is 10.9 Å². The number of carbonyl (C=O) groups excluding carboxylic acids is 2. The Kier molecular flexibility index (Phi) is 6.14. The van der Waals surface area contributed by atoms with Crippen molar-refractivity contribution in [3.8, 4) is 0 Å². The molecule has 0 radical (unpaired) electrons. The second-order valence-electron chi connectivity index (χ2n) is 7.58. The maximum Gasteiger partial charge on any atom is 0.339 e. The number of ether oxygens (including phenoxy) is 1. The summed E-state index contributed by atoms with van der Waals surface area (Å²) in [5.74, 6) is -1.05. The van der Waals surface area contributed by atoms with Gasteiger partial charge in [0, 0.05) is 41.2 Å². The first-order valence-corrected chi connectivity index (χ1v) is 10.6. The molecule has 1 unspecified atom stereocenters. The van der Waals surface area contributed by atoms with Gasteiger partial charge in [-0.05, 0) is 38.2 Å². The van der Waals surface area contributed by atoms with Crippen molar-refractivity contribution in [2.75, 3.05) is 18.9 Å². The van der Waals surface area contributed by atoms with E-state index in [0.29, 0.717) is 33.2 Å². The van der Waals surface area contributed by atoms with Crippen molar-refractivity contribution >= 4 is 51.7 Å². The molecule has 160 valence electrons. The minimum atomic E-state index is -1.04. The molecular formula is C23H21Cl2N3O3. The third-order valence-electron chi connectivity index (χ3n) is 5.28. The van der Waals surface area contributed by atoms with Crippen molar-refractivity contribution < 1.29 is 14.3 Å². The van der Waals surface area contributed by atoms with Crippen LogP contribution in [0.3, 0.4) is 0 Å². The van der Waals surface area contributed by atoms with E-state index in [-0.39, 0.29) is 0 Å². The molecule has 1 amide bonds. The van der Waals surface area contributed by atoms with Crippen LogP contribution in [0, 0.1) is 0 Å². The van der Waals surface area contributed by atoms with Crippen molar-refractivity contribution in [1.82, 2.24) is 9.88 Å². The molecule has 4 rings (SSSR count). The zero-order valence-electron chi connectivity index (χ0n) is 17.1. The monoisotopic (exact) mass is 457 g/mol. The Labute approximate surface area is 190 Å². The molecule has 1 aliphatic heterocycles. The number of para-hydroxylation sites is 1. The highest BCUT2D eigenvalue weighted by molar-refractivity contribution is 6.35. The van der Waals surface area contributed by atoms with Gasteiger partial charge < -0.3 is 15.0 Å². The normalized spacial score (nSPS) is 14.7. The first kappa shape index (κ1) is 21.6. The first-order valence-electron chi connectivity index (χ1n) is 9.89. The second kappa shape index (κ2) is 8.83. The van der Waals surface area contributed by atoms with Crippen LogP contribution in [0.5, 0.6) is 0 Å². The van der Waals surface area contributed by atoms with Crippen LogP contribution in [0.15, 0.2) is 42.5 Å². The molecule has 6 nitrogen and oxygen atoms in total. The fourth-order valence-corrected chi connectivity index (χ4v) is 4.00. The maximum absolute atomic E-state index is 13.2. The van der Waals surface area contributed by atoms with E-state index >= 15 is 0 Å². The minimum Gasteiger partial charge on any atom is -0.449 e. The SMILES string of the molecule is CC(OC(=O)c1c2c(nc3ccccc13)CCN(C)C2)C(=O)Nc1cc(Cl)ccc1Cl. The number of anilines is 1. The number of aromatic nitrogens is 1.